The molecule has 0 saturated heterocycles. The van der Waals surface area contributed by atoms with Crippen LogP contribution in [0.5, 0.6) is 0 Å². The van der Waals surface area contributed by atoms with Crippen LogP contribution in [0.15, 0.2) is 0 Å². The monoisotopic (exact) mass is 361 g/mol. The summed E-state index contributed by atoms with van der Waals surface area (Å²) >= 11 is 0. The molecule has 4 nitrogen and oxygen atoms in total. The summed E-state index contributed by atoms with van der Waals surface area (Å²) in [5.41, 5.74) is 0.525. The van der Waals surface area contributed by atoms with E-state index in [0.29, 0.717) is 23.7 Å². The molecule has 1 amide bonds. The van der Waals surface area contributed by atoms with Gasteiger partial charge in [0, 0.05) is 25.9 Å². The number of fused-ring (bicyclic) bond motifs is 5. The summed E-state index contributed by atoms with van der Waals surface area (Å²) in [5.74, 6) is 2.65. The van der Waals surface area contributed by atoms with Crippen LogP contribution in [0.4, 0.5) is 0 Å². The van der Waals surface area contributed by atoms with Crippen molar-refractivity contribution in [2.75, 3.05) is 7.11 Å². The minimum atomic E-state index is -0.477. The maximum atomic E-state index is 12.8. The van der Waals surface area contributed by atoms with Crippen LogP contribution in [-0.2, 0) is 14.3 Å². The molecule has 0 heterocycles. The average Bonchev–Trinajstić information content (AvgIpc) is 2.98. The molecule has 0 spiro atoms. The van der Waals surface area contributed by atoms with Crippen LogP contribution in [-0.4, -0.2) is 30.9 Å². The van der Waals surface area contributed by atoms with E-state index in [2.05, 4.69) is 19.2 Å². The molecule has 0 aromatic rings. The lowest BCUT2D eigenvalue weighted by Gasteiger charge is -2.62. The van der Waals surface area contributed by atoms with Crippen LogP contribution in [0.1, 0.15) is 72.1 Å². The summed E-state index contributed by atoms with van der Waals surface area (Å²) in [6.45, 7) is 6.40. The van der Waals surface area contributed by atoms with Gasteiger partial charge in [-0.2, -0.15) is 0 Å². The summed E-state index contributed by atoms with van der Waals surface area (Å²) < 4.78 is 6.00. The summed E-state index contributed by atoms with van der Waals surface area (Å²) in [4.78, 5) is 24.5. The molecule has 4 aliphatic rings. The number of carbonyl (C=O) groups excluding carboxylic acids is 2. The molecule has 1 N–H and O–H groups in total. The summed E-state index contributed by atoms with van der Waals surface area (Å²) in [5, 5.41) is 2.93. The summed E-state index contributed by atoms with van der Waals surface area (Å²) in [7, 11) is 1.73. The second-order valence-electron chi connectivity index (χ2n) is 10.1. The number of nitrogens with one attached hydrogen (secondary N) is 1. The third kappa shape index (κ3) is 2.51. The van der Waals surface area contributed by atoms with Crippen molar-refractivity contribution in [3.05, 3.63) is 0 Å². The van der Waals surface area contributed by atoms with Gasteiger partial charge >= 0.3 is 0 Å². The Morgan fingerprint density at radius 1 is 1.12 bits per heavy atom. The minimum absolute atomic E-state index is 0.0113. The second kappa shape index (κ2) is 6.32. The van der Waals surface area contributed by atoms with E-state index in [4.69, 9.17) is 4.74 Å². The molecule has 0 radical (unpaired) electrons. The highest BCUT2D eigenvalue weighted by Gasteiger charge is 2.63. The molecule has 26 heavy (non-hydrogen) atoms. The van der Waals surface area contributed by atoms with E-state index in [1.165, 1.54) is 45.4 Å². The predicted octanol–water partition coefficient (Wildman–Crippen LogP) is 3.73. The molecule has 4 heteroatoms. The zero-order valence-corrected chi connectivity index (χ0v) is 16.8. The first-order chi connectivity index (χ1) is 12.3. The first-order valence-electron chi connectivity index (χ1n) is 10.6. The quantitative estimate of drug-likeness (QED) is 0.815. The molecule has 146 valence electrons. The van der Waals surface area contributed by atoms with Gasteiger partial charge in [-0.3, -0.25) is 9.59 Å². The molecule has 0 bridgehead atoms. The van der Waals surface area contributed by atoms with Gasteiger partial charge in [-0.25, -0.2) is 0 Å². The minimum Gasteiger partial charge on any atom is -0.378 e. The van der Waals surface area contributed by atoms with Gasteiger partial charge in [0.15, 0.2) is 5.78 Å². The van der Waals surface area contributed by atoms with Gasteiger partial charge < -0.3 is 10.1 Å². The zero-order valence-electron chi connectivity index (χ0n) is 16.8. The van der Waals surface area contributed by atoms with Gasteiger partial charge in [-0.05, 0) is 67.6 Å². The molecule has 8 atom stereocenters. The SMILES string of the molecule is COC1[C@@H](NC(C)=O)C(=O)CC2CC[C@H]3[C@@H]4CCC[C@@]4(C)CC[C@@H]3[C@]21C. The van der Waals surface area contributed by atoms with Crippen LogP contribution in [0, 0.1) is 34.5 Å². The third-order valence-corrected chi connectivity index (χ3v) is 9.07. The average molecular weight is 362 g/mol. The van der Waals surface area contributed by atoms with Crippen molar-refractivity contribution in [2.45, 2.75) is 84.3 Å². The van der Waals surface area contributed by atoms with Crippen molar-refractivity contribution in [1.82, 2.24) is 5.32 Å². The number of ether oxygens (including phenoxy) is 1. The van der Waals surface area contributed by atoms with Gasteiger partial charge in [0.1, 0.15) is 6.04 Å². The van der Waals surface area contributed by atoms with Crippen molar-refractivity contribution in [2.24, 2.45) is 34.5 Å². The Morgan fingerprint density at radius 2 is 1.88 bits per heavy atom. The standard InChI is InChI=1S/C22H35NO3/c1-13(24)23-19-18(25)12-14-7-8-15-16-6-5-10-21(16,2)11-9-17(15)22(14,3)20(19)26-4/h14-17,19-20H,5-12H2,1-4H3,(H,23,24)/t14?,15-,16-,17-,19-,20?,21-,22-/m0/s1. The number of rotatable bonds is 2. The van der Waals surface area contributed by atoms with E-state index in [1.54, 1.807) is 7.11 Å². The molecular formula is C22H35NO3. The van der Waals surface area contributed by atoms with E-state index in [9.17, 15) is 9.59 Å². The number of methoxy groups -OCH3 is 1. The lowest BCUT2D eigenvalue weighted by molar-refractivity contribution is -0.183. The highest BCUT2D eigenvalue weighted by molar-refractivity contribution is 5.90. The van der Waals surface area contributed by atoms with Crippen molar-refractivity contribution in [3.8, 4) is 0 Å². The van der Waals surface area contributed by atoms with Crippen LogP contribution in [0.25, 0.3) is 0 Å². The molecule has 4 aliphatic carbocycles. The van der Waals surface area contributed by atoms with E-state index < -0.39 is 6.04 Å². The van der Waals surface area contributed by atoms with Gasteiger partial charge in [0.25, 0.3) is 0 Å². The number of carbonyl (C=O) groups is 2. The Morgan fingerprint density at radius 3 is 2.58 bits per heavy atom. The van der Waals surface area contributed by atoms with Crippen molar-refractivity contribution < 1.29 is 14.3 Å². The number of amides is 1. The molecule has 0 aromatic heterocycles. The molecule has 4 rings (SSSR count). The second-order valence-corrected chi connectivity index (χ2v) is 10.1. The smallest absolute Gasteiger partial charge is 0.217 e. The number of hydrogen-bond acceptors (Lipinski definition) is 3. The molecule has 2 unspecified atom stereocenters. The maximum absolute atomic E-state index is 12.8. The Kier molecular flexibility index (Phi) is 4.49. The van der Waals surface area contributed by atoms with E-state index in [-0.39, 0.29) is 23.2 Å². The van der Waals surface area contributed by atoms with Crippen LogP contribution in [0.2, 0.25) is 0 Å². The number of Topliss-reactive ketones (excluding diaryl/α,β-unsaturated/α-hetero) is 1. The molecule has 0 aromatic carbocycles. The highest BCUT2D eigenvalue weighted by atomic mass is 16.5. The van der Waals surface area contributed by atoms with Crippen LogP contribution >= 0.6 is 0 Å². The molecule has 4 fully saturated rings. The van der Waals surface area contributed by atoms with E-state index in [1.807, 2.05) is 0 Å². The van der Waals surface area contributed by atoms with Crippen LogP contribution in [0.3, 0.4) is 0 Å². The van der Waals surface area contributed by atoms with Gasteiger partial charge in [0.05, 0.1) is 6.10 Å². The fourth-order valence-electron chi connectivity index (χ4n) is 7.89. The Hall–Kier alpha value is -0.900. The summed E-state index contributed by atoms with van der Waals surface area (Å²) in [6, 6.07) is -0.477. The first-order valence-corrected chi connectivity index (χ1v) is 10.6. The number of ketones is 1. The third-order valence-electron chi connectivity index (χ3n) is 9.07. The van der Waals surface area contributed by atoms with E-state index >= 15 is 0 Å². The lowest BCUT2D eigenvalue weighted by Crippen LogP contribution is -2.66. The highest BCUT2D eigenvalue weighted by Crippen LogP contribution is 2.66. The van der Waals surface area contributed by atoms with Gasteiger partial charge in [-0.15, -0.1) is 0 Å². The lowest BCUT2D eigenvalue weighted by atomic mass is 9.44. The topological polar surface area (TPSA) is 55.4 Å². The molecular weight excluding hydrogens is 326 g/mol. The molecule has 4 saturated carbocycles. The fraction of sp³-hybridized carbons (Fsp3) is 0.909. The van der Waals surface area contributed by atoms with Crippen molar-refractivity contribution >= 4 is 11.7 Å². The maximum Gasteiger partial charge on any atom is 0.217 e. The Bertz CT molecular complexity index is 604. The normalized spacial score (nSPS) is 50.5. The zero-order chi connectivity index (χ0) is 18.7. The molecule has 0 aliphatic heterocycles. The largest absolute Gasteiger partial charge is 0.378 e. The van der Waals surface area contributed by atoms with Crippen molar-refractivity contribution in [3.63, 3.8) is 0 Å². The van der Waals surface area contributed by atoms with Crippen LogP contribution < -0.4 is 5.32 Å². The number of hydrogen-bond donors (Lipinski definition) is 1. The van der Waals surface area contributed by atoms with Gasteiger partial charge in [-0.1, -0.05) is 20.3 Å². The Labute approximate surface area is 157 Å². The Balaban J connectivity index is 1.69. The van der Waals surface area contributed by atoms with E-state index in [0.717, 1.165) is 18.3 Å². The first kappa shape index (κ1) is 18.5. The van der Waals surface area contributed by atoms with Gasteiger partial charge in [0.2, 0.25) is 5.91 Å². The summed E-state index contributed by atoms with van der Waals surface area (Å²) in [6.07, 6.45) is 9.55. The fourth-order valence-corrected chi connectivity index (χ4v) is 7.89. The van der Waals surface area contributed by atoms with Crippen molar-refractivity contribution in [1.29, 1.82) is 0 Å². The predicted molar refractivity (Wildman–Crippen MR) is 101 cm³/mol.